The number of fused-ring (bicyclic) bond motifs is 1. The lowest BCUT2D eigenvalue weighted by Gasteiger charge is -2.54. The Hall–Kier alpha value is -1.56. The van der Waals surface area contributed by atoms with E-state index in [2.05, 4.69) is 63.3 Å². The Bertz CT molecular complexity index is 875. The molecule has 0 saturated heterocycles. The second kappa shape index (κ2) is 4.22. The number of hydrogen-bond acceptors (Lipinski definition) is 0. The van der Waals surface area contributed by atoms with Gasteiger partial charge in [-0.15, -0.1) is 0 Å². The highest BCUT2D eigenvalue weighted by Gasteiger charge is 2.59. The molecule has 128 valence electrons. The van der Waals surface area contributed by atoms with Crippen molar-refractivity contribution in [1.82, 2.24) is 0 Å². The topological polar surface area (TPSA) is 0 Å². The van der Waals surface area contributed by atoms with Crippen LogP contribution in [-0.2, 0) is 0 Å². The fourth-order valence-electron chi connectivity index (χ4n) is 6.66. The van der Waals surface area contributed by atoms with Crippen LogP contribution in [0.2, 0.25) is 0 Å². The molecule has 3 atom stereocenters. The molecule has 0 N–H and O–H groups in total. The summed E-state index contributed by atoms with van der Waals surface area (Å²) in [5, 5.41) is 0. The monoisotopic (exact) mass is 328 g/mol. The molecule has 0 heteroatoms. The van der Waals surface area contributed by atoms with E-state index in [1.165, 1.54) is 32.1 Å². The molecule has 2 saturated carbocycles. The molecule has 0 aromatic heterocycles. The average Bonchev–Trinajstić information content (AvgIpc) is 3.35. The van der Waals surface area contributed by atoms with Gasteiger partial charge in [-0.05, 0) is 82.6 Å². The molecular weight excluding hydrogens is 300 g/mol. The summed E-state index contributed by atoms with van der Waals surface area (Å²) >= 11 is 0. The van der Waals surface area contributed by atoms with E-state index >= 15 is 0 Å². The summed E-state index contributed by atoms with van der Waals surface area (Å²) in [5.41, 5.74) is 9.31. The number of hydrogen-bond donors (Lipinski definition) is 0. The average molecular weight is 328 g/mol. The molecule has 0 aromatic carbocycles. The Morgan fingerprint density at radius 2 is 1.80 bits per heavy atom. The highest BCUT2D eigenvalue weighted by molar-refractivity contribution is 5.70. The van der Waals surface area contributed by atoms with Gasteiger partial charge in [0.2, 0.25) is 0 Å². The molecule has 7 rings (SSSR count). The molecule has 0 nitrogen and oxygen atoms in total. The lowest BCUT2D eigenvalue weighted by atomic mass is 9.49. The maximum absolute atomic E-state index is 2.63. The molecule has 1 spiro atoms. The van der Waals surface area contributed by atoms with E-state index in [9.17, 15) is 0 Å². The minimum absolute atomic E-state index is 0.203. The maximum atomic E-state index is 2.63. The standard InChI is InChI=1S/C25H28/c1-23(2)20-9-11-25(12-13-25)10-8-17(20)18-14-16-6-4-5-7-21-19(22(18)23)15-24(16,21)3/h4-9,14,19,21H,10-13,15H2,1-3H3. The van der Waals surface area contributed by atoms with Crippen LogP contribution in [0.25, 0.3) is 0 Å². The van der Waals surface area contributed by atoms with E-state index in [4.69, 9.17) is 0 Å². The Morgan fingerprint density at radius 3 is 2.60 bits per heavy atom. The third kappa shape index (κ3) is 1.65. The predicted octanol–water partition coefficient (Wildman–Crippen LogP) is 6.46. The van der Waals surface area contributed by atoms with Crippen LogP contribution in [0, 0.1) is 28.1 Å². The zero-order valence-corrected chi connectivity index (χ0v) is 15.7. The first-order valence-electron chi connectivity index (χ1n) is 10.2. The quantitative estimate of drug-likeness (QED) is 0.479. The molecule has 3 unspecified atom stereocenters. The van der Waals surface area contributed by atoms with Crippen molar-refractivity contribution in [3.05, 3.63) is 70.4 Å². The summed E-state index contributed by atoms with van der Waals surface area (Å²) in [5.74, 6) is 1.40. The summed E-state index contributed by atoms with van der Waals surface area (Å²) in [6.07, 6.45) is 24.0. The van der Waals surface area contributed by atoms with Crippen molar-refractivity contribution >= 4 is 0 Å². The van der Waals surface area contributed by atoms with E-state index in [0.717, 1.165) is 5.92 Å². The van der Waals surface area contributed by atoms with Crippen molar-refractivity contribution < 1.29 is 0 Å². The van der Waals surface area contributed by atoms with E-state index < -0.39 is 0 Å². The van der Waals surface area contributed by atoms with Crippen LogP contribution in [0.1, 0.15) is 52.9 Å². The van der Waals surface area contributed by atoms with Crippen molar-refractivity contribution in [2.24, 2.45) is 28.1 Å². The molecule has 0 heterocycles. The van der Waals surface area contributed by atoms with Gasteiger partial charge in [0, 0.05) is 5.41 Å². The fourth-order valence-corrected chi connectivity index (χ4v) is 6.66. The van der Waals surface area contributed by atoms with E-state index in [0.29, 0.717) is 16.7 Å². The van der Waals surface area contributed by atoms with E-state index in [1.54, 1.807) is 27.9 Å². The van der Waals surface area contributed by atoms with E-state index in [1.807, 2.05) is 0 Å². The Kier molecular flexibility index (Phi) is 2.46. The van der Waals surface area contributed by atoms with Crippen LogP contribution in [0.15, 0.2) is 70.4 Å². The first-order valence-corrected chi connectivity index (χ1v) is 10.2. The third-order valence-electron chi connectivity index (χ3n) is 8.50. The second-order valence-corrected chi connectivity index (χ2v) is 10.2. The molecular formula is C25H28. The molecule has 7 aliphatic carbocycles. The predicted molar refractivity (Wildman–Crippen MR) is 104 cm³/mol. The van der Waals surface area contributed by atoms with Crippen LogP contribution < -0.4 is 0 Å². The second-order valence-electron chi connectivity index (χ2n) is 10.2. The Balaban J connectivity index is 1.59. The van der Waals surface area contributed by atoms with Gasteiger partial charge in [-0.1, -0.05) is 63.3 Å². The SMILES string of the molecule is CC1(C)C2=CCC3(CC=C2C2=C1C1CC4(C)C(=C2)C=CC=CC14)CC3. The van der Waals surface area contributed by atoms with Crippen LogP contribution in [0.5, 0.6) is 0 Å². The lowest BCUT2D eigenvalue weighted by Crippen LogP contribution is -2.47. The first kappa shape index (κ1) is 14.6. The number of allylic oxidation sites excluding steroid dienone is 12. The lowest BCUT2D eigenvalue weighted by molar-refractivity contribution is 0.0646. The normalized spacial score (nSPS) is 40.8. The third-order valence-corrected chi connectivity index (χ3v) is 8.50. The molecule has 25 heavy (non-hydrogen) atoms. The maximum Gasteiger partial charge on any atom is 0.0120 e. The van der Waals surface area contributed by atoms with Crippen molar-refractivity contribution in [3.63, 3.8) is 0 Å². The van der Waals surface area contributed by atoms with Crippen molar-refractivity contribution in [2.75, 3.05) is 0 Å². The molecule has 0 amide bonds. The van der Waals surface area contributed by atoms with Gasteiger partial charge >= 0.3 is 0 Å². The largest absolute Gasteiger partial charge is 0.0799 e. The van der Waals surface area contributed by atoms with Gasteiger partial charge in [0.25, 0.3) is 0 Å². The zero-order chi connectivity index (χ0) is 17.0. The Labute approximate surface area is 151 Å². The van der Waals surface area contributed by atoms with Crippen LogP contribution in [0.3, 0.4) is 0 Å². The fraction of sp³-hybridized carbons (Fsp3) is 0.520. The first-order chi connectivity index (χ1) is 11.9. The number of rotatable bonds is 0. The van der Waals surface area contributed by atoms with Gasteiger partial charge in [-0.2, -0.15) is 0 Å². The van der Waals surface area contributed by atoms with Gasteiger partial charge in [-0.25, -0.2) is 0 Å². The van der Waals surface area contributed by atoms with Gasteiger partial charge in [-0.3, -0.25) is 0 Å². The molecule has 0 radical (unpaired) electrons. The van der Waals surface area contributed by atoms with Crippen LogP contribution in [0.4, 0.5) is 0 Å². The molecule has 0 aliphatic heterocycles. The zero-order valence-electron chi connectivity index (χ0n) is 15.7. The van der Waals surface area contributed by atoms with Gasteiger partial charge in [0.15, 0.2) is 0 Å². The van der Waals surface area contributed by atoms with Gasteiger partial charge in [0.1, 0.15) is 0 Å². The van der Waals surface area contributed by atoms with Crippen LogP contribution >= 0.6 is 0 Å². The van der Waals surface area contributed by atoms with Crippen molar-refractivity contribution in [2.45, 2.75) is 52.9 Å². The highest BCUT2D eigenvalue weighted by atomic mass is 14.6. The summed E-state index contributed by atoms with van der Waals surface area (Å²) in [6.45, 7) is 7.49. The summed E-state index contributed by atoms with van der Waals surface area (Å²) in [7, 11) is 0. The molecule has 7 aliphatic rings. The van der Waals surface area contributed by atoms with Crippen molar-refractivity contribution in [3.8, 4) is 0 Å². The summed E-state index contributed by atoms with van der Waals surface area (Å²) in [4.78, 5) is 0. The van der Waals surface area contributed by atoms with Crippen LogP contribution in [-0.4, -0.2) is 0 Å². The molecule has 4 bridgehead atoms. The minimum Gasteiger partial charge on any atom is -0.0799 e. The van der Waals surface area contributed by atoms with E-state index in [-0.39, 0.29) is 5.41 Å². The van der Waals surface area contributed by atoms with Gasteiger partial charge in [0.05, 0.1) is 0 Å². The van der Waals surface area contributed by atoms with Crippen molar-refractivity contribution in [1.29, 1.82) is 0 Å². The smallest absolute Gasteiger partial charge is 0.0120 e. The molecule has 0 aromatic rings. The molecule has 2 fully saturated rings. The minimum atomic E-state index is 0.203. The summed E-state index contributed by atoms with van der Waals surface area (Å²) in [6, 6.07) is 0. The summed E-state index contributed by atoms with van der Waals surface area (Å²) < 4.78 is 0. The highest BCUT2D eigenvalue weighted by Crippen LogP contribution is 2.69. The van der Waals surface area contributed by atoms with Gasteiger partial charge < -0.3 is 0 Å². The Morgan fingerprint density at radius 1 is 1.00 bits per heavy atom.